The summed E-state index contributed by atoms with van der Waals surface area (Å²) in [4.78, 5) is 22.0. The molecular weight excluding hydrogens is 241 g/mol. The molecule has 0 saturated heterocycles. The summed E-state index contributed by atoms with van der Waals surface area (Å²) < 4.78 is 38.8. The zero-order chi connectivity index (χ0) is 13.6. The van der Waals surface area contributed by atoms with E-state index >= 15 is 0 Å². The van der Waals surface area contributed by atoms with Crippen molar-refractivity contribution >= 4 is 12.0 Å². The van der Waals surface area contributed by atoms with Gasteiger partial charge in [0.15, 0.2) is 6.61 Å². The van der Waals surface area contributed by atoms with E-state index in [-0.39, 0.29) is 5.92 Å². The topological polar surface area (TPSA) is 81.4 Å². The SMILES string of the molecule is CC(C)C[C@H](N)C(=O)NC(=O)OCC(F)(F)F. The van der Waals surface area contributed by atoms with Crippen molar-refractivity contribution < 1.29 is 27.5 Å². The Kier molecular flexibility index (Phi) is 5.94. The van der Waals surface area contributed by atoms with Crippen LogP contribution in [0.4, 0.5) is 18.0 Å². The Morgan fingerprint density at radius 2 is 1.88 bits per heavy atom. The van der Waals surface area contributed by atoms with Crippen molar-refractivity contribution in [1.82, 2.24) is 5.32 Å². The average molecular weight is 256 g/mol. The molecule has 0 spiro atoms. The summed E-state index contributed by atoms with van der Waals surface area (Å²) in [6.45, 7) is 1.88. The lowest BCUT2D eigenvalue weighted by atomic mass is 10.0. The molecule has 5 nitrogen and oxygen atoms in total. The number of ether oxygens (including phenoxy) is 1. The van der Waals surface area contributed by atoms with Gasteiger partial charge in [-0.25, -0.2) is 4.79 Å². The highest BCUT2D eigenvalue weighted by atomic mass is 19.4. The highest BCUT2D eigenvalue weighted by Crippen LogP contribution is 2.14. The Labute approximate surface area is 96.5 Å². The molecule has 0 fully saturated rings. The van der Waals surface area contributed by atoms with Gasteiger partial charge in [-0.15, -0.1) is 0 Å². The minimum atomic E-state index is -4.62. The second-order valence-corrected chi connectivity index (χ2v) is 3.92. The number of rotatable bonds is 4. The van der Waals surface area contributed by atoms with Crippen molar-refractivity contribution in [2.75, 3.05) is 6.61 Å². The molecule has 1 atom stereocenters. The summed E-state index contributed by atoms with van der Waals surface area (Å²) in [5.41, 5.74) is 5.41. The molecule has 0 aliphatic rings. The summed E-state index contributed by atoms with van der Waals surface area (Å²) in [6, 6.07) is -0.951. The lowest BCUT2D eigenvalue weighted by Gasteiger charge is -2.13. The average Bonchev–Trinajstić information content (AvgIpc) is 2.12. The molecule has 17 heavy (non-hydrogen) atoms. The van der Waals surface area contributed by atoms with Gasteiger partial charge in [0.05, 0.1) is 6.04 Å². The third-order valence-corrected chi connectivity index (χ3v) is 1.65. The van der Waals surface area contributed by atoms with E-state index < -0.39 is 30.8 Å². The van der Waals surface area contributed by atoms with Crippen LogP contribution in [0.5, 0.6) is 0 Å². The van der Waals surface area contributed by atoms with Crippen LogP contribution in [0.3, 0.4) is 0 Å². The minimum absolute atomic E-state index is 0.127. The van der Waals surface area contributed by atoms with Crippen LogP contribution in [-0.2, 0) is 9.53 Å². The first kappa shape index (κ1) is 15.7. The van der Waals surface area contributed by atoms with Crippen LogP contribution in [0, 0.1) is 5.92 Å². The summed E-state index contributed by atoms with van der Waals surface area (Å²) in [7, 11) is 0. The molecule has 0 heterocycles. The minimum Gasteiger partial charge on any atom is -0.440 e. The number of halogens is 3. The highest BCUT2D eigenvalue weighted by molar-refractivity contribution is 5.94. The van der Waals surface area contributed by atoms with E-state index in [1.165, 1.54) is 0 Å². The lowest BCUT2D eigenvalue weighted by molar-refractivity contribution is -0.160. The number of carbonyl (C=O) groups is 2. The van der Waals surface area contributed by atoms with Crippen LogP contribution >= 0.6 is 0 Å². The van der Waals surface area contributed by atoms with Gasteiger partial charge in [0.25, 0.3) is 0 Å². The van der Waals surface area contributed by atoms with Crippen molar-refractivity contribution in [1.29, 1.82) is 0 Å². The first-order chi connectivity index (χ1) is 7.61. The van der Waals surface area contributed by atoms with Crippen molar-refractivity contribution in [3.8, 4) is 0 Å². The van der Waals surface area contributed by atoms with E-state index in [2.05, 4.69) is 4.74 Å². The van der Waals surface area contributed by atoms with Gasteiger partial charge in [0.1, 0.15) is 0 Å². The van der Waals surface area contributed by atoms with Crippen LogP contribution in [0.2, 0.25) is 0 Å². The van der Waals surface area contributed by atoms with Crippen LogP contribution in [-0.4, -0.2) is 30.8 Å². The summed E-state index contributed by atoms with van der Waals surface area (Å²) in [6.07, 6.45) is -5.76. The molecule has 0 bridgehead atoms. The van der Waals surface area contributed by atoms with Gasteiger partial charge in [-0.3, -0.25) is 10.1 Å². The fourth-order valence-electron chi connectivity index (χ4n) is 0.992. The molecule has 0 saturated carbocycles. The predicted molar refractivity (Wildman–Crippen MR) is 53.0 cm³/mol. The second-order valence-electron chi connectivity index (χ2n) is 3.92. The number of nitrogens with one attached hydrogen (secondary N) is 1. The summed E-state index contributed by atoms with van der Waals surface area (Å²) in [5, 5.41) is 1.63. The highest BCUT2D eigenvalue weighted by Gasteiger charge is 2.30. The molecule has 0 aliphatic carbocycles. The molecule has 8 heteroatoms. The number of hydrogen-bond donors (Lipinski definition) is 2. The molecular formula is C9H15F3N2O3. The van der Waals surface area contributed by atoms with Gasteiger partial charge in [0, 0.05) is 0 Å². The van der Waals surface area contributed by atoms with Crippen LogP contribution < -0.4 is 11.1 Å². The Balaban J connectivity index is 4.00. The first-order valence-corrected chi connectivity index (χ1v) is 4.91. The van der Waals surface area contributed by atoms with Gasteiger partial charge in [-0.2, -0.15) is 13.2 Å². The maximum Gasteiger partial charge on any atom is 0.422 e. The van der Waals surface area contributed by atoms with Crippen LogP contribution in [0.1, 0.15) is 20.3 Å². The number of amides is 2. The zero-order valence-corrected chi connectivity index (χ0v) is 9.50. The van der Waals surface area contributed by atoms with E-state index in [0.717, 1.165) is 0 Å². The van der Waals surface area contributed by atoms with E-state index in [1.54, 1.807) is 5.32 Å². The van der Waals surface area contributed by atoms with E-state index in [1.807, 2.05) is 13.8 Å². The van der Waals surface area contributed by atoms with Crippen molar-refractivity contribution in [3.05, 3.63) is 0 Å². The quantitative estimate of drug-likeness (QED) is 0.791. The fraction of sp³-hybridized carbons (Fsp3) is 0.778. The molecule has 2 amide bonds. The first-order valence-electron chi connectivity index (χ1n) is 4.91. The normalized spacial score (nSPS) is 13.4. The smallest absolute Gasteiger partial charge is 0.422 e. The van der Waals surface area contributed by atoms with Crippen molar-refractivity contribution in [2.24, 2.45) is 11.7 Å². The molecule has 3 N–H and O–H groups in total. The van der Waals surface area contributed by atoms with Crippen molar-refractivity contribution in [2.45, 2.75) is 32.5 Å². The van der Waals surface area contributed by atoms with E-state index in [0.29, 0.717) is 6.42 Å². The van der Waals surface area contributed by atoms with E-state index in [4.69, 9.17) is 5.73 Å². The number of hydrogen-bond acceptors (Lipinski definition) is 4. The number of alkyl halides is 3. The lowest BCUT2D eigenvalue weighted by Crippen LogP contribution is -2.44. The van der Waals surface area contributed by atoms with E-state index in [9.17, 15) is 22.8 Å². The van der Waals surface area contributed by atoms with Crippen LogP contribution in [0.25, 0.3) is 0 Å². The van der Waals surface area contributed by atoms with Gasteiger partial charge in [-0.1, -0.05) is 13.8 Å². The Hall–Kier alpha value is -1.31. The van der Waals surface area contributed by atoms with Crippen LogP contribution in [0.15, 0.2) is 0 Å². The number of nitrogens with two attached hydrogens (primary N) is 1. The number of carbonyl (C=O) groups excluding carboxylic acids is 2. The fourth-order valence-corrected chi connectivity index (χ4v) is 0.992. The molecule has 0 aromatic carbocycles. The Morgan fingerprint density at radius 1 is 1.35 bits per heavy atom. The third-order valence-electron chi connectivity index (χ3n) is 1.65. The largest absolute Gasteiger partial charge is 0.440 e. The Bertz CT molecular complexity index is 279. The molecule has 0 aliphatic heterocycles. The number of alkyl carbamates (subject to hydrolysis) is 1. The second kappa shape index (κ2) is 6.43. The maximum absolute atomic E-state index is 11.7. The standard InChI is InChI=1S/C9H15F3N2O3/c1-5(2)3-6(13)7(15)14-8(16)17-4-9(10,11)12/h5-6H,3-4,13H2,1-2H3,(H,14,15,16)/t6-/m0/s1. The molecule has 0 aromatic rings. The van der Waals surface area contributed by atoms with Gasteiger partial charge in [0.2, 0.25) is 5.91 Å². The summed E-state index contributed by atoms with van der Waals surface area (Å²) >= 11 is 0. The maximum atomic E-state index is 11.7. The zero-order valence-electron chi connectivity index (χ0n) is 9.50. The third kappa shape index (κ3) is 8.49. The molecule has 0 unspecified atom stereocenters. The molecule has 0 radical (unpaired) electrons. The molecule has 0 aromatic heterocycles. The number of imide groups is 1. The molecule has 100 valence electrons. The molecule has 0 rings (SSSR count). The summed E-state index contributed by atoms with van der Waals surface area (Å²) in [5.74, 6) is -0.729. The van der Waals surface area contributed by atoms with Gasteiger partial charge < -0.3 is 10.5 Å². The predicted octanol–water partition coefficient (Wildman–Crippen LogP) is 1.17. The van der Waals surface area contributed by atoms with Gasteiger partial charge in [-0.05, 0) is 12.3 Å². The van der Waals surface area contributed by atoms with Gasteiger partial charge >= 0.3 is 12.3 Å². The monoisotopic (exact) mass is 256 g/mol. The Morgan fingerprint density at radius 3 is 2.29 bits per heavy atom. The van der Waals surface area contributed by atoms with Crippen molar-refractivity contribution in [3.63, 3.8) is 0 Å².